The summed E-state index contributed by atoms with van der Waals surface area (Å²) in [6, 6.07) is 1.74. The molecule has 0 spiro atoms. The topological polar surface area (TPSA) is 304 Å². The summed E-state index contributed by atoms with van der Waals surface area (Å²) in [5, 5.41) is 3.80. The number of ether oxygens (including phenoxy) is 12. The number of carbonyl (C=O) groups is 5. The molecule has 3 N–H and O–H groups in total. The highest BCUT2D eigenvalue weighted by molar-refractivity contribution is 6.05. The lowest BCUT2D eigenvalue weighted by Crippen LogP contribution is -2.67. The average Bonchev–Trinajstić information content (AvgIpc) is 0.915. The van der Waals surface area contributed by atoms with Gasteiger partial charge in [0.1, 0.15) is 18.0 Å². The predicted octanol–water partition coefficient (Wildman–Crippen LogP) is 3.62. The Morgan fingerprint density at radius 2 is 1.12 bits per heavy atom. The van der Waals surface area contributed by atoms with Crippen LogP contribution in [-0.4, -0.2) is 250 Å². The second-order valence-electron chi connectivity index (χ2n) is 19.5. The van der Waals surface area contributed by atoms with Crippen LogP contribution in [0.4, 0.5) is 28.0 Å². The van der Waals surface area contributed by atoms with Gasteiger partial charge in [-0.3, -0.25) is 29.0 Å². The quantitative estimate of drug-likeness (QED) is 0.0204. The standard InChI is InChI=1S/C57H79F4N9O18/c1-5-9-70(53(72)40-33-45-46(67-47(62)35-40)34-41(37-64-45)42-38-65-52(66-39-42)54(73)69-10-7-57(69,2)55(74)68(3)4)87-12-8-63-56(75)86-32-31-85-30-29-84-28-27-83-26-25-82-24-23-81-22-21-80-20-19-79-18-17-78-16-15-77-14-13-76-11-6-48(71)88-51-49(60)43(58)36-44(59)50(51)61/h33-34,36-39H,5-32,35H2,1-4H3,(H2,62,67)(H,63,75). The molecule has 88 heavy (non-hydrogen) atoms. The summed E-state index contributed by atoms with van der Waals surface area (Å²) >= 11 is 0. The van der Waals surface area contributed by atoms with Gasteiger partial charge in [-0.15, -0.1) is 0 Å². The smallest absolute Gasteiger partial charge is 0.407 e. The number of carbonyl (C=O) groups excluding carboxylic acids is 5. The van der Waals surface area contributed by atoms with E-state index in [1.54, 1.807) is 39.4 Å². The number of alkyl carbamates (subject to hydrolysis) is 1. The van der Waals surface area contributed by atoms with E-state index < -0.39 is 64.9 Å². The highest BCUT2D eigenvalue weighted by Gasteiger charge is 2.51. The van der Waals surface area contributed by atoms with Crippen molar-refractivity contribution in [1.82, 2.24) is 35.1 Å². The van der Waals surface area contributed by atoms with Crippen molar-refractivity contribution < 1.29 is 103 Å². The minimum Gasteiger partial charge on any atom is -0.447 e. The molecule has 2 aliphatic rings. The largest absolute Gasteiger partial charge is 0.447 e. The molecule has 0 saturated carbocycles. The van der Waals surface area contributed by atoms with Gasteiger partial charge in [0.25, 0.3) is 11.8 Å². The Balaban J connectivity index is 0.767. The molecule has 2 aliphatic heterocycles. The number of likely N-dealkylation sites (N-methyl/N-ethyl adjacent to an activating group) is 1. The maximum atomic E-state index is 13.7. The van der Waals surface area contributed by atoms with Crippen molar-refractivity contribution in [3.63, 3.8) is 0 Å². The fraction of sp³-hybridized carbons (Fsp3) is 0.596. The number of nitrogens with one attached hydrogen (secondary N) is 1. The van der Waals surface area contributed by atoms with Crippen molar-refractivity contribution in [3.8, 4) is 16.9 Å². The molecule has 27 nitrogen and oxygen atoms in total. The van der Waals surface area contributed by atoms with Crippen LogP contribution in [-0.2, 0) is 71.3 Å². The summed E-state index contributed by atoms with van der Waals surface area (Å²) < 4.78 is 117. The first kappa shape index (κ1) is 71.8. The highest BCUT2D eigenvalue weighted by Crippen LogP contribution is 2.34. The lowest BCUT2D eigenvalue weighted by Gasteiger charge is -2.49. The Morgan fingerprint density at radius 3 is 1.59 bits per heavy atom. The summed E-state index contributed by atoms with van der Waals surface area (Å²) in [7, 11) is 3.30. The Morgan fingerprint density at radius 1 is 0.648 bits per heavy atom. The molecule has 1 atom stereocenters. The number of nitrogens with zero attached hydrogens (tertiary/aromatic N) is 7. The predicted molar refractivity (Wildman–Crippen MR) is 304 cm³/mol. The zero-order valence-electron chi connectivity index (χ0n) is 50.0. The third kappa shape index (κ3) is 24.6. The number of fused-ring (bicyclic) bond motifs is 1. The maximum absolute atomic E-state index is 13.7. The molecular formula is C57H79F4N9O18. The fourth-order valence-electron chi connectivity index (χ4n) is 8.05. The van der Waals surface area contributed by atoms with E-state index in [1.807, 2.05) is 6.92 Å². The van der Waals surface area contributed by atoms with E-state index in [9.17, 15) is 41.5 Å². The first-order valence-corrected chi connectivity index (χ1v) is 28.6. The van der Waals surface area contributed by atoms with Crippen molar-refractivity contribution in [1.29, 1.82) is 0 Å². The van der Waals surface area contributed by atoms with E-state index in [2.05, 4.69) is 30.0 Å². The number of nitrogens with two attached hydrogens (primary N) is 1. The zero-order valence-corrected chi connectivity index (χ0v) is 50.0. The zero-order chi connectivity index (χ0) is 63.5. The number of halogens is 4. The van der Waals surface area contributed by atoms with E-state index in [0.717, 1.165) is 0 Å². The monoisotopic (exact) mass is 1250 g/mol. The summed E-state index contributed by atoms with van der Waals surface area (Å²) in [6.45, 7) is 10.4. The van der Waals surface area contributed by atoms with Crippen molar-refractivity contribution in [2.75, 3.05) is 179 Å². The van der Waals surface area contributed by atoms with E-state index >= 15 is 0 Å². The number of benzene rings is 1. The Labute approximate surface area is 507 Å². The number of pyridine rings is 1. The van der Waals surface area contributed by atoms with Crippen LogP contribution in [0, 0.1) is 23.3 Å². The van der Waals surface area contributed by atoms with E-state index in [0.29, 0.717) is 140 Å². The Bertz CT molecular complexity index is 2710. The normalized spacial score (nSPS) is 14.5. The van der Waals surface area contributed by atoms with Gasteiger partial charge in [-0.05, 0) is 31.9 Å². The Hall–Kier alpha value is -6.91. The minimum atomic E-state index is -1.81. The molecule has 4 heterocycles. The number of amidine groups is 1. The van der Waals surface area contributed by atoms with Gasteiger partial charge in [0.15, 0.2) is 11.6 Å². The number of likely N-dealkylation sites (tertiary alicyclic amines) is 1. The third-order valence-corrected chi connectivity index (χ3v) is 12.6. The van der Waals surface area contributed by atoms with Gasteiger partial charge < -0.3 is 77.7 Å². The summed E-state index contributed by atoms with van der Waals surface area (Å²) in [5.41, 5.74) is 7.61. The summed E-state index contributed by atoms with van der Waals surface area (Å²) in [4.78, 5) is 90.0. The van der Waals surface area contributed by atoms with Crippen molar-refractivity contribution in [3.05, 3.63) is 71.1 Å². The van der Waals surface area contributed by atoms with Crippen molar-refractivity contribution in [2.24, 2.45) is 10.7 Å². The molecule has 2 aromatic heterocycles. The van der Waals surface area contributed by atoms with Crippen LogP contribution in [0.15, 0.2) is 41.3 Å². The second kappa shape index (κ2) is 39.9. The molecule has 31 heteroatoms. The first-order valence-electron chi connectivity index (χ1n) is 28.6. The molecule has 1 fully saturated rings. The maximum Gasteiger partial charge on any atom is 0.407 e. The van der Waals surface area contributed by atoms with Crippen molar-refractivity contribution >= 4 is 47.4 Å². The van der Waals surface area contributed by atoms with Gasteiger partial charge in [-0.2, -0.15) is 8.78 Å². The van der Waals surface area contributed by atoms with Gasteiger partial charge in [0, 0.05) is 81.5 Å². The van der Waals surface area contributed by atoms with E-state index in [4.69, 9.17) is 62.7 Å². The number of hydrogen-bond donors (Lipinski definition) is 2. The first-order chi connectivity index (χ1) is 42.5. The van der Waals surface area contributed by atoms with Crippen LogP contribution in [0.1, 0.15) is 55.8 Å². The second-order valence-corrected chi connectivity index (χ2v) is 19.5. The molecule has 0 bridgehead atoms. The summed E-state index contributed by atoms with van der Waals surface area (Å²) in [6.07, 6.45) is 6.24. The number of rotatable bonds is 44. The van der Waals surface area contributed by atoms with Crippen LogP contribution in [0.3, 0.4) is 0 Å². The van der Waals surface area contributed by atoms with Crippen LogP contribution in [0.25, 0.3) is 17.2 Å². The van der Waals surface area contributed by atoms with E-state index in [-0.39, 0.29) is 96.0 Å². The molecule has 0 radical (unpaired) electrons. The number of amides is 4. The van der Waals surface area contributed by atoms with Crippen molar-refractivity contribution in [2.45, 2.75) is 45.1 Å². The van der Waals surface area contributed by atoms with Gasteiger partial charge in [0.05, 0.1) is 157 Å². The lowest BCUT2D eigenvalue weighted by atomic mass is 9.85. The molecule has 1 aromatic carbocycles. The van der Waals surface area contributed by atoms with Gasteiger partial charge in [-0.1, -0.05) is 6.92 Å². The van der Waals surface area contributed by atoms with Gasteiger partial charge in [-0.25, -0.2) is 33.6 Å². The highest BCUT2D eigenvalue weighted by atomic mass is 19.2. The SMILES string of the molecule is CCCN(OCCNC(=O)OCCOCCOCCOCCOCCOCCOCCOCCOCCOCCOCCC(=O)Oc1c(F)c(F)cc(F)c1F)C(=O)C1=Cc2ncc(-c3cnc(C(=O)N4CCC4(C)C(=O)N(C)C)nc3)cc2N=C(N)C1. The third-order valence-electron chi connectivity index (χ3n) is 12.6. The lowest BCUT2D eigenvalue weighted by molar-refractivity contribution is -0.181. The van der Waals surface area contributed by atoms with Crippen LogP contribution >= 0.6 is 0 Å². The number of hydroxylamine groups is 2. The molecule has 4 amide bonds. The van der Waals surface area contributed by atoms with Crippen LogP contribution in [0.2, 0.25) is 0 Å². The van der Waals surface area contributed by atoms with Crippen LogP contribution in [0.5, 0.6) is 5.75 Å². The molecule has 1 unspecified atom stereocenters. The number of esters is 1. The Kier molecular flexibility index (Phi) is 32.6. The number of aromatic nitrogens is 3. The summed E-state index contributed by atoms with van der Waals surface area (Å²) in [5.74, 6) is -10.5. The number of aliphatic imine (C=N–C) groups is 1. The molecule has 3 aromatic rings. The van der Waals surface area contributed by atoms with Gasteiger partial charge in [0.2, 0.25) is 29.1 Å². The van der Waals surface area contributed by atoms with Crippen LogP contribution < -0.4 is 15.8 Å². The molecule has 0 aliphatic carbocycles. The fourth-order valence-corrected chi connectivity index (χ4v) is 8.05. The molecule has 5 rings (SSSR count). The number of hydrogen-bond acceptors (Lipinski definition) is 23. The minimum absolute atomic E-state index is 0.00680. The molecule has 1 saturated heterocycles. The van der Waals surface area contributed by atoms with Gasteiger partial charge >= 0.3 is 12.1 Å². The molecular weight excluding hydrogens is 1170 g/mol. The van der Waals surface area contributed by atoms with E-state index in [1.165, 1.54) is 27.3 Å². The average molecular weight is 1250 g/mol. The molecule has 488 valence electrons.